The number of thiophene rings is 1. The van der Waals surface area contributed by atoms with Crippen LogP contribution in [0, 0.1) is 0 Å². The third-order valence-electron chi connectivity index (χ3n) is 2.17. The fourth-order valence-electron chi connectivity index (χ4n) is 1.09. The standard InChI is InChI=1S/C10H12N2O4S/c1-6(13)12(2)10(16)11-8(9(14)15)7-3-4-17-5-7/h3-5,8H,1-2H3,(H,11,16)(H,14,15). The second-order valence-electron chi connectivity index (χ2n) is 3.36. The molecule has 1 atom stereocenters. The van der Waals surface area contributed by atoms with Crippen molar-refractivity contribution in [3.05, 3.63) is 22.4 Å². The molecule has 1 heterocycles. The van der Waals surface area contributed by atoms with E-state index in [0.29, 0.717) is 5.56 Å². The van der Waals surface area contributed by atoms with Crippen LogP contribution in [0.5, 0.6) is 0 Å². The highest BCUT2D eigenvalue weighted by atomic mass is 32.1. The zero-order valence-corrected chi connectivity index (χ0v) is 10.2. The number of urea groups is 1. The number of carbonyl (C=O) groups is 3. The van der Waals surface area contributed by atoms with Gasteiger partial charge in [-0.15, -0.1) is 0 Å². The number of aliphatic carboxylic acids is 1. The van der Waals surface area contributed by atoms with Gasteiger partial charge in [0.25, 0.3) is 0 Å². The SMILES string of the molecule is CC(=O)N(C)C(=O)NC(C(=O)O)c1ccsc1. The fraction of sp³-hybridized carbons (Fsp3) is 0.300. The molecule has 0 aliphatic rings. The normalized spacial score (nSPS) is 11.6. The lowest BCUT2D eigenvalue weighted by Crippen LogP contribution is -2.43. The lowest BCUT2D eigenvalue weighted by Gasteiger charge is -2.18. The van der Waals surface area contributed by atoms with Crippen LogP contribution >= 0.6 is 11.3 Å². The van der Waals surface area contributed by atoms with E-state index < -0.39 is 23.9 Å². The van der Waals surface area contributed by atoms with Gasteiger partial charge in [-0.05, 0) is 22.4 Å². The molecule has 0 saturated heterocycles. The topological polar surface area (TPSA) is 86.7 Å². The Morgan fingerprint density at radius 1 is 1.47 bits per heavy atom. The number of carboxylic acid groups (broad SMARTS) is 1. The molecule has 1 aromatic rings. The number of carboxylic acids is 1. The molecule has 0 radical (unpaired) electrons. The van der Waals surface area contributed by atoms with Gasteiger partial charge in [0.1, 0.15) is 0 Å². The molecule has 0 spiro atoms. The number of hydrogen-bond donors (Lipinski definition) is 2. The minimum Gasteiger partial charge on any atom is -0.479 e. The molecule has 2 N–H and O–H groups in total. The maximum Gasteiger partial charge on any atom is 0.330 e. The molecule has 3 amide bonds. The summed E-state index contributed by atoms with van der Waals surface area (Å²) in [7, 11) is 1.28. The van der Waals surface area contributed by atoms with E-state index in [1.165, 1.54) is 25.3 Å². The summed E-state index contributed by atoms with van der Waals surface area (Å²) >= 11 is 1.33. The molecule has 1 aromatic heterocycles. The first-order valence-electron chi connectivity index (χ1n) is 4.73. The predicted molar refractivity (Wildman–Crippen MR) is 61.7 cm³/mol. The van der Waals surface area contributed by atoms with E-state index in [1.54, 1.807) is 16.8 Å². The highest BCUT2D eigenvalue weighted by Crippen LogP contribution is 2.16. The average molecular weight is 256 g/mol. The van der Waals surface area contributed by atoms with Gasteiger partial charge < -0.3 is 10.4 Å². The van der Waals surface area contributed by atoms with E-state index in [-0.39, 0.29) is 0 Å². The van der Waals surface area contributed by atoms with Crippen LogP contribution in [0.4, 0.5) is 4.79 Å². The third kappa shape index (κ3) is 3.28. The number of carbonyl (C=O) groups excluding carboxylic acids is 2. The molecule has 92 valence electrons. The Labute approximate surface area is 102 Å². The molecule has 7 heteroatoms. The average Bonchev–Trinajstić information content (AvgIpc) is 2.76. The minimum absolute atomic E-state index is 0.461. The Hall–Kier alpha value is -1.89. The Balaban J connectivity index is 2.79. The molecule has 1 rings (SSSR count). The number of amides is 3. The number of rotatable bonds is 3. The molecule has 0 fully saturated rings. The van der Waals surface area contributed by atoms with Crippen molar-refractivity contribution in [3.63, 3.8) is 0 Å². The van der Waals surface area contributed by atoms with E-state index in [0.717, 1.165) is 4.90 Å². The second-order valence-corrected chi connectivity index (χ2v) is 4.14. The van der Waals surface area contributed by atoms with Crippen LogP contribution in [-0.4, -0.2) is 35.0 Å². The highest BCUT2D eigenvalue weighted by molar-refractivity contribution is 7.08. The maximum atomic E-state index is 11.5. The minimum atomic E-state index is -1.17. The van der Waals surface area contributed by atoms with Crippen molar-refractivity contribution in [1.82, 2.24) is 10.2 Å². The van der Waals surface area contributed by atoms with Gasteiger partial charge in [0.15, 0.2) is 6.04 Å². The maximum absolute atomic E-state index is 11.5. The van der Waals surface area contributed by atoms with Gasteiger partial charge in [0.2, 0.25) is 5.91 Å². The highest BCUT2D eigenvalue weighted by Gasteiger charge is 2.24. The van der Waals surface area contributed by atoms with Crippen molar-refractivity contribution in [3.8, 4) is 0 Å². The summed E-state index contributed by atoms with van der Waals surface area (Å²) in [6.45, 7) is 1.22. The van der Waals surface area contributed by atoms with Crippen molar-refractivity contribution in [2.24, 2.45) is 0 Å². The number of hydrogen-bond acceptors (Lipinski definition) is 4. The van der Waals surface area contributed by atoms with Crippen LogP contribution in [0.1, 0.15) is 18.5 Å². The van der Waals surface area contributed by atoms with Crippen LogP contribution in [0.25, 0.3) is 0 Å². The number of imide groups is 1. The van der Waals surface area contributed by atoms with Gasteiger partial charge >= 0.3 is 12.0 Å². The quantitative estimate of drug-likeness (QED) is 0.846. The smallest absolute Gasteiger partial charge is 0.330 e. The second kappa shape index (κ2) is 5.44. The van der Waals surface area contributed by atoms with Crippen molar-refractivity contribution in [2.45, 2.75) is 13.0 Å². The fourth-order valence-corrected chi connectivity index (χ4v) is 1.78. The Morgan fingerprint density at radius 2 is 2.12 bits per heavy atom. The van der Waals surface area contributed by atoms with Gasteiger partial charge in [-0.1, -0.05) is 0 Å². The lowest BCUT2D eigenvalue weighted by molar-refractivity contribution is -0.139. The zero-order valence-electron chi connectivity index (χ0n) is 9.34. The molecule has 0 saturated carbocycles. The molecule has 0 aromatic carbocycles. The predicted octanol–water partition coefficient (Wildman–Crippen LogP) is 1.06. The molecule has 0 bridgehead atoms. The van der Waals surface area contributed by atoms with E-state index in [9.17, 15) is 14.4 Å². The van der Waals surface area contributed by atoms with Crippen molar-refractivity contribution >= 4 is 29.2 Å². The third-order valence-corrected chi connectivity index (χ3v) is 2.87. The molecule has 0 aliphatic carbocycles. The largest absolute Gasteiger partial charge is 0.479 e. The summed E-state index contributed by atoms with van der Waals surface area (Å²) in [5.41, 5.74) is 0.479. The Morgan fingerprint density at radius 3 is 2.53 bits per heavy atom. The first-order chi connectivity index (χ1) is 7.93. The van der Waals surface area contributed by atoms with Gasteiger partial charge in [-0.25, -0.2) is 9.59 Å². The van der Waals surface area contributed by atoms with Crippen molar-refractivity contribution < 1.29 is 19.5 Å². The Kier molecular flexibility index (Phi) is 4.22. The van der Waals surface area contributed by atoms with Crippen LogP contribution in [0.2, 0.25) is 0 Å². The molecular formula is C10H12N2O4S. The summed E-state index contributed by atoms with van der Waals surface area (Å²) in [5.74, 6) is -1.63. The van der Waals surface area contributed by atoms with Gasteiger partial charge in [-0.2, -0.15) is 11.3 Å². The summed E-state index contributed by atoms with van der Waals surface area (Å²) < 4.78 is 0. The molecule has 17 heavy (non-hydrogen) atoms. The molecule has 6 nitrogen and oxygen atoms in total. The van der Waals surface area contributed by atoms with Crippen molar-refractivity contribution in [1.29, 1.82) is 0 Å². The van der Waals surface area contributed by atoms with E-state index in [2.05, 4.69) is 5.32 Å². The summed E-state index contributed by atoms with van der Waals surface area (Å²) in [6, 6.07) is -0.274. The first kappa shape index (κ1) is 13.2. The van der Waals surface area contributed by atoms with Crippen LogP contribution < -0.4 is 5.32 Å². The molecular weight excluding hydrogens is 244 g/mol. The monoisotopic (exact) mass is 256 g/mol. The van der Waals surface area contributed by atoms with Crippen LogP contribution in [-0.2, 0) is 9.59 Å². The summed E-state index contributed by atoms with van der Waals surface area (Å²) in [5, 5.41) is 14.6. The lowest BCUT2D eigenvalue weighted by atomic mass is 10.1. The zero-order chi connectivity index (χ0) is 13.0. The summed E-state index contributed by atoms with van der Waals surface area (Å²) in [6.07, 6.45) is 0. The van der Waals surface area contributed by atoms with Crippen LogP contribution in [0.15, 0.2) is 16.8 Å². The summed E-state index contributed by atoms with van der Waals surface area (Å²) in [4.78, 5) is 34.3. The van der Waals surface area contributed by atoms with Gasteiger partial charge in [-0.3, -0.25) is 9.69 Å². The van der Waals surface area contributed by atoms with E-state index in [1.807, 2.05) is 0 Å². The van der Waals surface area contributed by atoms with Crippen molar-refractivity contribution in [2.75, 3.05) is 7.05 Å². The van der Waals surface area contributed by atoms with E-state index in [4.69, 9.17) is 5.11 Å². The molecule has 0 aliphatic heterocycles. The number of nitrogens with zero attached hydrogens (tertiary/aromatic N) is 1. The van der Waals surface area contributed by atoms with E-state index >= 15 is 0 Å². The molecule has 1 unspecified atom stereocenters. The number of nitrogens with one attached hydrogen (secondary N) is 1. The first-order valence-corrected chi connectivity index (χ1v) is 5.67. The van der Waals surface area contributed by atoms with Gasteiger partial charge in [0.05, 0.1) is 0 Å². The van der Waals surface area contributed by atoms with Crippen LogP contribution in [0.3, 0.4) is 0 Å². The Bertz CT molecular complexity index is 430. The van der Waals surface area contributed by atoms with Gasteiger partial charge in [0, 0.05) is 14.0 Å².